The van der Waals surface area contributed by atoms with Crippen LogP contribution in [0.3, 0.4) is 0 Å². The summed E-state index contributed by atoms with van der Waals surface area (Å²) in [5, 5.41) is -0.0705. The maximum atomic E-state index is 12.3. The molecule has 0 saturated carbocycles. The van der Waals surface area contributed by atoms with Gasteiger partial charge in [0.1, 0.15) is 0 Å². The first kappa shape index (κ1) is 16.8. The van der Waals surface area contributed by atoms with Crippen molar-refractivity contribution in [2.24, 2.45) is 5.92 Å². The van der Waals surface area contributed by atoms with Gasteiger partial charge in [-0.15, -0.1) is 11.6 Å². The largest absolute Gasteiger partial charge is 0.228 e. The molecule has 0 fully saturated rings. The summed E-state index contributed by atoms with van der Waals surface area (Å²) in [6.45, 7) is 5.30. The van der Waals surface area contributed by atoms with Gasteiger partial charge in [0, 0.05) is 0 Å². The van der Waals surface area contributed by atoms with Crippen LogP contribution in [0.15, 0.2) is 24.3 Å². The minimum absolute atomic E-state index is 0.0705. The van der Waals surface area contributed by atoms with E-state index >= 15 is 0 Å². The summed E-state index contributed by atoms with van der Waals surface area (Å²) in [5.74, 6) is 0.472. The number of benzene rings is 1. The summed E-state index contributed by atoms with van der Waals surface area (Å²) < 4.78 is 23.9. The molecular formula is C17H25ClO2S. The second-order valence-corrected chi connectivity index (χ2v) is 10.3. The lowest BCUT2D eigenvalue weighted by Crippen LogP contribution is -2.31. The molecule has 0 spiro atoms. The summed E-state index contributed by atoms with van der Waals surface area (Å²) in [7, 11) is -3.07. The van der Waals surface area contributed by atoms with Crippen molar-refractivity contribution >= 4 is 21.4 Å². The van der Waals surface area contributed by atoms with Crippen LogP contribution in [0.25, 0.3) is 0 Å². The maximum absolute atomic E-state index is 12.3. The highest BCUT2D eigenvalue weighted by molar-refractivity contribution is 7.92. The van der Waals surface area contributed by atoms with Gasteiger partial charge in [-0.2, -0.15) is 0 Å². The third-order valence-corrected chi connectivity index (χ3v) is 7.71. The predicted molar refractivity (Wildman–Crippen MR) is 89.6 cm³/mol. The Morgan fingerprint density at radius 2 is 1.90 bits per heavy atom. The van der Waals surface area contributed by atoms with Crippen LogP contribution in [0.1, 0.15) is 56.5 Å². The summed E-state index contributed by atoms with van der Waals surface area (Å²) in [6.07, 6.45) is 3.78. The van der Waals surface area contributed by atoms with E-state index < -0.39 is 14.6 Å². The molecule has 0 N–H and O–H groups in total. The molecule has 4 heteroatoms. The van der Waals surface area contributed by atoms with Crippen LogP contribution in [0, 0.1) is 5.92 Å². The predicted octanol–water partition coefficient (Wildman–Crippen LogP) is 4.52. The van der Waals surface area contributed by atoms with Crippen LogP contribution in [-0.4, -0.2) is 18.9 Å². The van der Waals surface area contributed by atoms with Crippen molar-refractivity contribution in [2.45, 2.75) is 56.6 Å². The molecule has 0 aliphatic heterocycles. The summed E-state index contributed by atoms with van der Waals surface area (Å²) in [4.78, 5) is 0. The normalized spacial score (nSPS) is 23.4. The zero-order valence-corrected chi connectivity index (χ0v) is 14.7. The van der Waals surface area contributed by atoms with E-state index in [1.54, 1.807) is 20.8 Å². The SMILES string of the molecule is CC(C)(C)S(=O)(=O)CCC1CCCc2ccccc2C1Cl. The number of rotatable bonds is 3. The van der Waals surface area contributed by atoms with Gasteiger partial charge in [0.15, 0.2) is 9.84 Å². The van der Waals surface area contributed by atoms with E-state index in [1.807, 2.05) is 12.1 Å². The molecule has 0 saturated heterocycles. The monoisotopic (exact) mass is 328 g/mol. The van der Waals surface area contributed by atoms with Crippen molar-refractivity contribution in [1.29, 1.82) is 0 Å². The minimum Gasteiger partial charge on any atom is -0.228 e. The topological polar surface area (TPSA) is 34.1 Å². The molecule has 1 aliphatic carbocycles. The van der Waals surface area contributed by atoms with Gasteiger partial charge in [0.05, 0.1) is 15.9 Å². The maximum Gasteiger partial charge on any atom is 0.155 e. The van der Waals surface area contributed by atoms with Gasteiger partial charge in [-0.3, -0.25) is 0 Å². The Hall–Kier alpha value is -0.540. The molecule has 0 aromatic heterocycles. The Kier molecular flexibility index (Phi) is 5.04. The van der Waals surface area contributed by atoms with Gasteiger partial charge in [0.2, 0.25) is 0 Å². The fourth-order valence-corrected chi connectivity index (χ4v) is 4.58. The molecule has 2 atom stereocenters. The Labute approximate surface area is 133 Å². The van der Waals surface area contributed by atoms with Crippen molar-refractivity contribution < 1.29 is 8.42 Å². The lowest BCUT2D eigenvalue weighted by Gasteiger charge is -2.24. The van der Waals surface area contributed by atoms with Crippen LogP contribution in [0.4, 0.5) is 0 Å². The highest BCUT2D eigenvalue weighted by atomic mass is 35.5. The van der Waals surface area contributed by atoms with E-state index in [0.29, 0.717) is 6.42 Å². The van der Waals surface area contributed by atoms with Gasteiger partial charge in [-0.25, -0.2) is 8.42 Å². The van der Waals surface area contributed by atoms with Crippen molar-refractivity contribution in [3.63, 3.8) is 0 Å². The molecule has 0 amide bonds. The lowest BCUT2D eigenvalue weighted by molar-refractivity contribution is 0.449. The standard InChI is InChI=1S/C17H25ClO2S/c1-17(2,3)21(19,20)12-11-14-9-6-8-13-7-4-5-10-15(13)16(14)18/h4-5,7,10,14,16H,6,8-9,11-12H2,1-3H3. The Morgan fingerprint density at radius 3 is 2.57 bits per heavy atom. The Balaban J connectivity index is 2.12. The van der Waals surface area contributed by atoms with Crippen LogP contribution >= 0.6 is 11.6 Å². The minimum atomic E-state index is -3.07. The van der Waals surface area contributed by atoms with Crippen molar-refractivity contribution in [1.82, 2.24) is 0 Å². The average Bonchev–Trinajstić information content (AvgIpc) is 2.55. The summed E-state index contributed by atoms with van der Waals surface area (Å²) in [6, 6.07) is 8.29. The van der Waals surface area contributed by atoms with E-state index in [0.717, 1.165) is 19.3 Å². The molecule has 2 nitrogen and oxygen atoms in total. The van der Waals surface area contributed by atoms with E-state index in [9.17, 15) is 8.42 Å². The number of aryl methyl sites for hydroxylation is 1. The van der Waals surface area contributed by atoms with Gasteiger partial charge in [-0.05, 0) is 63.5 Å². The number of hydrogen-bond donors (Lipinski definition) is 0. The second kappa shape index (κ2) is 6.29. The third-order valence-electron chi connectivity index (χ3n) is 4.48. The Morgan fingerprint density at radius 1 is 1.24 bits per heavy atom. The van der Waals surface area contributed by atoms with E-state index in [-0.39, 0.29) is 17.0 Å². The zero-order valence-electron chi connectivity index (χ0n) is 13.1. The molecule has 1 aromatic carbocycles. The highest BCUT2D eigenvalue weighted by Crippen LogP contribution is 2.40. The van der Waals surface area contributed by atoms with Crippen molar-refractivity contribution in [2.75, 3.05) is 5.75 Å². The van der Waals surface area contributed by atoms with Crippen molar-refractivity contribution in [3.8, 4) is 0 Å². The number of sulfone groups is 1. The van der Waals surface area contributed by atoms with Gasteiger partial charge in [0.25, 0.3) is 0 Å². The highest BCUT2D eigenvalue weighted by Gasteiger charge is 2.32. The number of halogens is 1. The number of alkyl halides is 1. The quantitative estimate of drug-likeness (QED) is 0.603. The summed E-state index contributed by atoms with van der Waals surface area (Å²) in [5.41, 5.74) is 2.51. The fourth-order valence-electron chi connectivity index (χ4n) is 2.89. The molecule has 118 valence electrons. The van der Waals surface area contributed by atoms with Gasteiger partial charge < -0.3 is 0 Å². The first-order chi connectivity index (χ1) is 9.72. The smallest absolute Gasteiger partial charge is 0.155 e. The third kappa shape index (κ3) is 3.81. The molecular weight excluding hydrogens is 304 g/mol. The van der Waals surface area contributed by atoms with Gasteiger partial charge in [-0.1, -0.05) is 24.3 Å². The zero-order chi connectivity index (χ0) is 15.7. The van der Waals surface area contributed by atoms with Crippen LogP contribution in [0.5, 0.6) is 0 Å². The second-order valence-electron chi connectivity index (χ2n) is 6.97. The molecule has 21 heavy (non-hydrogen) atoms. The van der Waals surface area contributed by atoms with Crippen LogP contribution in [0.2, 0.25) is 0 Å². The number of fused-ring (bicyclic) bond motifs is 1. The van der Waals surface area contributed by atoms with E-state index in [2.05, 4.69) is 12.1 Å². The van der Waals surface area contributed by atoms with Crippen LogP contribution in [-0.2, 0) is 16.3 Å². The lowest BCUT2D eigenvalue weighted by atomic mass is 9.94. The molecule has 0 radical (unpaired) electrons. The Bertz CT molecular complexity index is 587. The molecule has 1 aliphatic rings. The molecule has 0 heterocycles. The molecule has 0 bridgehead atoms. The summed E-state index contributed by atoms with van der Waals surface area (Å²) >= 11 is 6.67. The van der Waals surface area contributed by atoms with E-state index in [4.69, 9.17) is 11.6 Å². The number of hydrogen-bond acceptors (Lipinski definition) is 2. The van der Waals surface area contributed by atoms with Crippen molar-refractivity contribution in [3.05, 3.63) is 35.4 Å². The first-order valence-corrected chi connectivity index (χ1v) is 9.75. The molecule has 2 unspecified atom stereocenters. The molecule has 1 aromatic rings. The van der Waals surface area contributed by atoms with E-state index in [1.165, 1.54) is 11.1 Å². The average molecular weight is 329 g/mol. The van der Waals surface area contributed by atoms with Crippen LogP contribution < -0.4 is 0 Å². The van der Waals surface area contributed by atoms with Gasteiger partial charge >= 0.3 is 0 Å². The fraction of sp³-hybridized carbons (Fsp3) is 0.647. The first-order valence-electron chi connectivity index (χ1n) is 7.66. The molecule has 2 rings (SSSR count).